The minimum absolute atomic E-state index is 0.0605. The third kappa shape index (κ3) is 9.00. The van der Waals surface area contributed by atoms with Crippen LogP contribution < -0.4 is 0 Å². The van der Waals surface area contributed by atoms with Crippen LogP contribution in [-0.2, 0) is 0 Å². The zero-order valence-electron chi connectivity index (χ0n) is 7.96. The highest BCUT2D eigenvalue weighted by Gasteiger charge is 2.01. The van der Waals surface area contributed by atoms with E-state index < -0.39 is 0 Å². The Balaban J connectivity index is 3.86. The second-order valence-corrected chi connectivity index (χ2v) is 3.49. The summed E-state index contributed by atoms with van der Waals surface area (Å²) < 4.78 is 0. The highest BCUT2D eigenvalue weighted by Crippen LogP contribution is 2.09. The maximum atomic E-state index is 8.40. The summed E-state index contributed by atoms with van der Waals surface area (Å²) in [4.78, 5) is 0. The van der Waals surface area contributed by atoms with Gasteiger partial charge in [0, 0.05) is 5.41 Å². The average Bonchev–Trinajstić information content (AvgIpc) is 1.94. The molecular formula is C11H16O. The molecule has 0 atom stereocenters. The number of hydrogen-bond donors (Lipinski definition) is 1. The minimum atomic E-state index is 0.0605. The molecule has 0 aromatic heterocycles. The molecule has 0 amide bonds. The van der Waals surface area contributed by atoms with Crippen molar-refractivity contribution in [1.29, 1.82) is 0 Å². The van der Waals surface area contributed by atoms with Crippen LogP contribution in [0.15, 0.2) is 24.3 Å². The van der Waals surface area contributed by atoms with Gasteiger partial charge in [0.05, 0.1) is 6.61 Å². The smallest absolute Gasteiger partial charge is 0.0615 e. The van der Waals surface area contributed by atoms with Gasteiger partial charge < -0.3 is 5.11 Å². The van der Waals surface area contributed by atoms with E-state index in [1.807, 2.05) is 6.08 Å². The molecule has 0 saturated heterocycles. The highest BCUT2D eigenvalue weighted by atomic mass is 16.2. The minimum Gasteiger partial charge on any atom is -0.392 e. The third-order valence-corrected chi connectivity index (χ3v) is 0.979. The van der Waals surface area contributed by atoms with Crippen LogP contribution in [0.2, 0.25) is 0 Å². The summed E-state index contributed by atoms with van der Waals surface area (Å²) in [5.74, 6) is 5.99. The Labute approximate surface area is 74.8 Å². The molecular weight excluding hydrogens is 148 g/mol. The Hall–Kier alpha value is -1.00. The van der Waals surface area contributed by atoms with Gasteiger partial charge in [-0.15, -0.1) is 0 Å². The van der Waals surface area contributed by atoms with Crippen molar-refractivity contribution < 1.29 is 5.11 Å². The first-order valence-electron chi connectivity index (χ1n) is 4.01. The SMILES string of the molecule is CC(C)(C)C#C/C=C/C=C/CO. The quantitative estimate of drug-likeness (QED) is 0.489. The van der Waals surface area contributed by atoms with E-state index in [9.17, 15) is 0 Å². The molecule has 0 radical (unpaired) electrons. The van der Waals surface area contributed by atoms with Gasteiger partial charge in [-0.05, 0) is 26.8 Å². The van der Waals surface area contributed by atoms with Gasteiger partial charge in [0.1, 0.15) is 0 Å². The summed E-state index contributed by atoms with van der Waals surface area (Å²) in [5, 5.41) is 8.40. The van der Waals surface area contributed by atoms with Crippen LogP contribution in [0, 0.1) is 17.3 Å². The molecule has 0 aliphatic carbocycles. The molecule has 0 bridgehead atoms. The summed E-state index contributed by atoms with van der Waals surface area (Å²) in [7, 11) is 0. The van der Waals surface area contributed by atoms with E-state index in [2.05, 4.69) is 32.6 Å². The van der Waals surface area contributed by atoms with Gasteiger partial charge in [0.2, 0.25) is 0 Å². The van der Waals surface area contributed by atoms with Crippen LogP contribution >= 0.6 is 0 Å². The van der Waals surface area contributed by atoms with Crippen molar-refractivity contribution in [2.24, 2.45) is 5.41 Å². The lowest BCUT2D eigenvalue weighted by atomic mass is 9.98. The van der Waals surface area contributed by atoms with Crippen molar-refractivity contribution >= 4 is 0 Å². The van der Waals surface area contributed by atoms with E-state index in [-0.39, 0.29) is 12.0 Å². The Morgan fingerprint density at radius 3 is 2.42 bits per heavy atom. The van der Waals surface area contributed by atoms with Gasteiger partial charge in [-0.25, -0.2) is 0 Å². The topological polar surface area (TPSA) is 20.2 Å². The number of aliphatic hydroxyl groups is 1. The molecule has 66 valence electrons. The molecule has 0 spiro atoms. The van der Waals surface area contributed by atoms with Gasteiger partial charge in [0.15, 0.2) is 0 Å². The van der Waals surface area contributed by atoms with Crippen LogP contribution in [0.5, 0.6) is 0 Å². The number of aliphatic hydroxyl groups excluding tert-OH is 1. The molecule has 1 N–H and O–H groups in total. The van der Waals surface area contributed by atoms with E-state index in [1.54, 1.807) is 18.2 Å². The van der Waals surface area contributed by atoms with E-state index in [1.165, 1.54) is 0 Å². The maximum absolute atomic E-state index is 8.40. The summed E-state index contributed by atoms with van der Waals surface area (Å²) in [5.41, 5.74) is 0.0605. The fourth-order valence-corrected chi connectivity index (χ4v) is 0.501. The lowest BCUT2D eigenvalue weighted by Gasteiger charge is -2.05. The lowest BCUT2D eigenvalue weighted by Crippen LogP contribution is -1.98. The maximum Gasteiger partial charge on any atom is 0.0615 e. The number of rotatable bonds is 2. The molecule has 0 saturated carbocycles. The standard InChI is InChI=1S/C11H16O/c1-11(2,3)9-7-5-4-6-8-10-12/h4-6,8,12H,10H2,1-3H3/b5-4+,8-6+. The highest BCUT2D eigenvalue weighted by molar-refractivity contribution is 5.22. The van der Waals surface area contributed by atoms with Crippen molar-refractivity contribution in [2.75, 3.05) is 6.61 Å². The molecule has 0 fully saturated rings. The Morgan fingerprint density at radius 2 is 1.92 bits per heavy atom. The molecule has 0 unspecified atom stereocenters. The molecule has 0 rings (SSSR count). The van der Waals surface area contributed by atoms with Crippen molar-refractivity contribution in [3.05, 3.63) is 24.3 Å². The van der Waals surface area contributed by atoms with Crippen LogP contribution in [0.25, 0.3) is 0 Å². The fourth-order valence-electron chi connectivity index (χ4n) is 0.501. The fraction of sp³-hybridized carbons (Fsp3) is 0.455. The van der Waals surface area contributed by atoms with Crippen LogP contribution in [0.1, 0.15) is 20.8 Å². The van der Waals surface area contributed by atoms with E-state index in [4.69, 9.17) is 5.11 Å². The van der Waals surface area contributed by atoms with Crippen molar-refractivity contribution in [3.8, 4) is 11.8 Å². The molecule has 0 aromatic carbocycles. The Bertz CT molecular complexity index is 218. The molecule has 1 nitrogen and oxygen atoms in total. The molecule has 0 heterocycles. The van der Waals surface area contributed by atoms with E-state index in [0.717, 1.165) is 0 Å². The molecule has 0 aromatic rings. The first-order valence-corrected chi connectivity index (χ1v) is 4.01. The monoisotopic (exact) mass is 164 g/mol. The molecule has 12 heavy (non-hydrogen) atoms. The summed E-state index contributed by atoms with van der Waals surface area (Å²) >= 11 is 0. The second kappa shape index (κ2) is 5.62. The normalized spacial score (nSPS) is 12.0. The van der Waals surface area contributed by atoms with Crippen molar-refractivity contribution in [3.63, 3.8) is 0 Å². The second-order valence-electron chi connectivity index (χ2n) is 3.49. The van der Waals surface area contributed by atoms with Gasteiger partial charge in [-0.3, -0.25) is 0 Å². The zero-order chi connectivity index (χ0) is 9.45. The van der Waals surface area contributed by atoms with Crippen molar-refractivity contribution in [2.45, 2.75) is 20.8 Å². The Kier molecular flexibility index (Phi) is 5.16. The average molecular weight is 164 g/mol. The molecule has 0 aliphatic heterocycles. The Morgan fingerprint density at radius 1 is 1.25 bits per heavy atom. The van der Waals surface area contributed by atoms with Gasteiger partial charge in [0.25, 0.3) is 0 Å². The third-order valence-electron chi connectivity index (χ3n) is 0.979. The first kappa shape index (κ1) is 11.0. The largest absolute Gasteiger partial charge is 0.392 e. The lowest BCUT2D eigenvalue weighted by molar-refractivity contribution is 0.343. The molecule has 0 aliphatic rings. The number of hydrogen-bond acceptors (Lipinski definition) is 1. The van der Waals surface area contributed by atoms with Gasteiger partial charge in [-0.1, -0.05) is 30.1 Å². The zero-order valence-corrected chi connectivity index (χ0v) is 7.96. The van der Waals surface area contributed by atoms with Crippen molar-refractivity contribution in [1.82, 2.24) is 0 Å². The summed E-state index contributed by atoms with van der Waals surface area (Å²) in [6.07, 6.45) is 7.03. The van der Waals surface area contributed by atoms with E-state index >= 15 is 0 Å². The van der Waals surface area contributed by atoms with Crippen LogP contribution in [0.3, 0.4) is 0 Å². The van der Waals surface area contributed by atoms with Gasteiger partial charge in [-0.2, -0.15) is 0 Å². The number of allylic oxidation sites excluding steroid dienone is 3. The predicted octanol–water partition coefficient (Wildman–Crippen LogP) is 2.14. The van der Waals surface area contributed by atoms with E-state index in [0.29, 0.717) is 0 Å². The molecule has 1 heteroatoms. The first-order chi connectivity index (χ1) is 5.56. The van der Waals surface area contributed by atoms with Crippen LogP contribution in [0.4, 0.5) is 0 Å². The predicted molar refractivity (Wildman–Crippen MR) is 52.6 cm³/mol. The van der Waals surface area contributed by atoms with Crippen LogP contribution in [-0.4, -0.2) is 11.7 Å². The summed E-state index contributed by atoms with van der Waals surface area (Å²) in [6.45, 7) is 6.28. The van der Waals surface area contributed by atoms with Gasteiger partial charge >= 0.3 is 0 Å². The summed E-state index contributed by atoms with van der Waals surface area (Å²) in [6, 6.07) is 0.